The van der Waals surface area contributed by atoms with Gasteiger partial charge in [0.15, 0.2) is 0 Å². The molecule has 2 aromatic rings. The minimum absolute atomic E-state index is 0.262. The Hall–Kier alpha value is -2.62. The van der Waals surface area contributed by atoms with Crippen LogP contribution < -0.4 is 20.1 Å². The van der Waals surface area contributed by atoms with E-state index in [0.29, 0.717) is 42.7 Å². The Morgan fingerprint density at radius 2 is 1.81 bits per heavy atom. The smallest absolute Gasteiger partial charge is 0.251 e. The third kappa shape index (κ3) is 7.44. The molecule has 9 heteroatoms. The van der Waals surface area contributed by atoms with Crippen LogP contribution in [0.5, 0.6) is 5.75 Å². The summed E-state index contributed by atoms with van der Waals surface area (Å²) in [4.78, 5) is 27.1. The van der Waals surface area contributed by atoms with Crippen LogP contribution in [0.2, 0.25) is 0 Å². The Morgan fingerprint density at radius 3 is 2.50 bits per heavy atom. The molecule has 2 aromatic carbocycles. The van der Waals surface area contributed by atoms with Crippen molar-refractivity contribution in [3.05, 3.63) is 53.8 Å². The zero-order chi connectivity index (χ0) is 25.3. The van der Waals surface area contributed by atoms with Crippen molar-refractivity contribution in [2.24, 2.45) is 5.92 Å². The Kier molecular flexibility index (Phi) is 9.60. The maximum Gasteiger partial charge on any atom is 0.251 e. The molecule has 36 heavy (non-hydrogen) atoms. The molecule has 1 aliphatic heterocycles. The van der Waals surface area contributed by atoms with Gasteiger partial charge in [-0.25, -0.2) is 4.39 Å². The lowest BCUT2D eigenvalue weighted by Gasteiger charge is -2.27. The monoisotopic (exact) mass is 515 g/mol. The number of amides is 2. The Labute approximate surface area is 216 Å². The number of hydrogen-bond donors (Lipinski definition) is 3. The second kappa shape index (κ2) is 13.1. The first kappa shape index (κ1) is 26.4. The van der Waals surface area contributed by atoms with Crippen molar-refractivity contribution in [3.63, 3.8) is 0 Å². The summed E-state index contributed by atoms with van der Waals surface area (Å²) in [5.41, 5.74) is 0.897. The molecule has 1 heterocycles. The van der Waals surface area contributed by atoms with Crippen molar-refractivity contribution < 1.29 is 23.5 Å². The van der Waals surface area contributed by atoms with Gasteiger partial charge < -0.3 is 20.1 Å². The van der Waals surface area contributed by atoms with Crippen LogP contribution in [0.4, 0.5) is 10.1 Å². The summed E-state index contributed by atoms with van der Waals surface area (Å²) in [6.45, 7) is 1.30. The average molecular weight is 516 g/mol. The van der Waals surface area contributed by atoms with Gasteiger partial charge in [-0.1, -0.05) is 12.8 Å². The highest BCUT2D eigenvalue weighted by molar-refractivity contribution is 7.97. The van der Waals surface area contributed by atoms with Crippen LogP contribution in [0.1, 0.15) is 55.3 Å². The predicted octanol–water partition coefficient (Wildman–Crippen LogP) is 4.93. The Morgan fingerprint density at radius 1 is 1.08 bits per heavy atom. The minimum atomic E-state index is -0.741. The topological polar surface area (TPSA) is 88.7 Å². The molecule has 7 nitrogen and oxygen atoms in total. The molecule has 3 N–H and O–H groups in total. The summed E-state index contributed by atoms with van der Waals surface area (Å²) < 4.78 is 27.8. The number of carbonyl (C=O) groups excluding carboxylic acids is 2. The third-order valence-corrected chi connectivity index (χ3v) is 7.77. The summed E-state index contributed by atoms with van der Waals surface area (Å²) in [7, 11) is 1.61. The first-order valence-corrected chi connectivity index (χ1v) is 13.4. The SMILES string of the molecule is COc1cc(NC(=O)C(CC2CCOCC2)NC(=O)c2ccc(F)cc2)ccc1SNC1CCCC1. The van der Waals surface area contributed by atoms with Crippen molar-refractivity contribution in [2.45, 2.75) is 61.9 Å². The first-order valence-electron chi connectivity index (χ1n) is 12.6. The molecule has 0 radical (unpaired) electrons. The second-order valence-corrected chi connectivity index (χ2v) is 10.3. The standard InChI is InChI=1S/C27H34FN3O4S/c1-34-24-17-22(10-11-25(24)36-31-21-4-2-3-5-21)29-27(33)23(16-18-12-14-35-15-13-18)30-26(32)19-6-8-20(28)9-7-19/h6-11,17-18,21,23,31H,2-5,12-16H2,1H3,(H,29,33)(H,30,32). The van der Waals surface area contributed by atoms with Gasteiger partial charge in [0.25, 0.3) is 5.91 Å². The van der Waals surface area contributed by atoms with Crippen LogP contribution in [0, 0.1) is 11.7 Å². The lowest BCUT2D eigenvalue weighted by molar-refractivity contribution is -0.118. The molecule has 1 saturated carbocycles. The van der Waals surface area contributed by atoms with Gasteiger partial charge in [-0.3, -0.25) is 14.3 Å². The van der Waals surface area contributed by atoms with Gasteiger partial charge in [-0.2, -0.15) is 0 Å². The highest BCUT2D eigenvalue weighted by Crippen LogP contribution is 2.32. The summed E-state index contributed by atoms with van der Waals surface area (Å²) in [5.74, 6) is -0.206. The van der Waals surface area contributed by atoms with Gasteiger partial charge in [0.05, 0.1) is 12.0 Å². The van der Waals surface area contributed by atoms with E-state index in [2.05, 4.69) is 15.4 Å². The lowest BCUT2D eigenvalue weighted by atomic mass is 9.92. The van der Waals surface area contributed by atoms with E-state index in [0.717, 1.165) is 17.7 Å². The first-order chi connectivity index (χ1) is 17.5. The number of carbonyl (C=O) groups is 2. The van der Waals surface area contributed by atoms with Crippen LogP contribution in [-0.4, -0.2) is 44.2 Å². The number of nitrogens with one attached hydrogen (secondary N) is 3. The van der Waals surface area contributed by atoms with Crippen LogP contribution in [0.3, 0.4) is 0 Å². The number of halogens is 1. The molecular weight excluding hydrogens is 481 g/mol. The molecule has 0 aromatic heterocycles. The van der Waals surface area contributed by atoms with E-state index in [1.807, 2.05) is 12.1 Å². The predicted molar refractivity (Wildman–Crippen MR) is 139 cm³/mol. The van der Waals surface area contributed by atoms with Gasteiger partial charge >= 0.3 is 0 Å². The lowest BCUT2D eigenvalue weighted by Crippen LogP contribution is -2.45. The third-order valence-electron chi connectivity index (χ3n) is 6.76. The number of methoxy groups -OCH3 is 1. The number of ether oxygens (including phenoxy) is 2. The van der Waals surface area contributed by atoms with E-state index in [-0.39, 0.29) is 11.8 Å². The van der Waals surface area contributed by atoms with Crippen molar-refractivity contribution in [1.82, 2.24) is 10.0 Å². The van der Waals surface area contributed by atoms with Crippen LogP contribution in [0.15, 0.2) is 47.4 Å². The van der Waals surface area contributed by atoms with E-state index in [4.69, 9.17) is 9.47 Å². The average Bonchev–Trinajstić information content (AvgIpc) is 3.42. The summed E-state index contributed by atoms with van der Waals surface area (Å²) in [6.07, 6.45) is 7.05. The zero-order valence-corrected chi connectivity index (χ0v) is 21.4. The maximum absolute atomic E-state index is 13.3. The largest absolute Gasteiger partial charge is 0.495 e. The van der Waals surface area contributed by atoms with E-state index in [1.54, 1.807) is 25.1 Å². The molecule has 1 saturated heterocycles. The van der Waals surface area contributed by atoms with Gasteiger partial charge in [0.1, 0.15) is 17.6 Å². The zero-order valence-electron chi connectivity index (χ0n) is 20.6. The molecule has 2 amide bonds. The Balaban J connectivity index is 1.43. The second-order valence-electron chi connectivity index (χ2n) is 9.38. The van der Waals surface area contributed by atoms with E-state index >= 15 is 0 Å². The van der Waals surface area contributed by atoms with Crippen molar-refractivity contribution in [2.75, 3.05) is 25.6 Å². The summed E-state index contributed by atoms with van der Waals surface area (Å²) in [6, 6.07) is 10.6. The van der Waals surface area contributed by atoms with Crippen molar-refractivity contribution >= 4 is 29.4 Å². The fourth-order valence-corrected chi connectivity index (χ4v) is 5.55. The molecule has 1 aliphatic carbocycles. The summed E-state index contributed by atoms with van der Waals surface area (Å²) in [5, 5.41) is 5.79. The maximum atomic E-state index is 13.3. The molecule has 0 spiro atoms. The van der Waals surface area contributed by atoms with E-state index in [9.17, 15) is 14.0 Å². The number of anilines is 1. The fourth-order valence-electron chi connectivity index (χ4n) is 4.64. The van der Waals surface area contributed by atoms with Gasteiger partial charge in [0.2, 0.25) is 5.91 Å². The van der Waals surface area contributed by atoms with E-state index < -0.39 is 17.8 Å². The summed E-state index contributed by atoms with van der Waals surface area (Å²) >= 11 is 1.55. The van der Waals surface area contributed by atoms with Crippen molar-refractivity contribution in [3.8, 4) is 5.75 Å². The number of hydrogen-bond acceptors (Lipinski definition) is 6. The quantitative estimate of drug-likeness (QED) is 0.389. The van der Waals surface area contributed by atoms with Gasteiger partial charge in [0, 0.05) is 36.6 Å². The molecule has 0 bridgehead atoms. The van der Waals surface area contributed by atoms with Gasteiger partial charge in [-0.15, -0.1) is 0 Å². The molecule has 4 rings (SSSR count). The number of rotatable bonds is 10. The molecular formula is C27H34FN3O4S. The normalized spacial score (nSPS) is 17.5. The molecule has 1 atom stereocenters. The highest BCUT2D eigenvalue weighted by atomic mass is 32.2. The van der Waals surface area contributed by atoms with Crippen molar-refractivity contribution in [1.29, 1.82) is 0 Å². The molecule has 1 unspecified atom stereocenters. The Bertz CT molecular complexity index is 1020. The molecule has 194 valence electrons. The van der Waals surface area contributed by atoms with E-state index in [1.165, 1.54) is 49.9 Å². The highest BCUT2D eigenvalue weighted by Gasteiger charge is 2.27. The molecule has 2 fully saturated rings. The minimum Gasteiger partial charge on any atom is -0.495 e. The van der Waals surface area contributed by atoms with Gasteiger partial charge in [-0.05, 0) is 86.4 Å². The van der Waals surface area contributed by atoms with Crippen LogP contribution in [-0.2, 0) is 9.53 Å². The fraction of sp³-hybridized carbons (Fsp3) is 0.481. The van der Waals surface area contributed by atoms with Crippen LogP contribution in [0.25, 0.3) is 0 Å². The molecule has 2 aliphatic rings. The van der Waals surface area contributed by atoms with Crippen LogP contribution >= 0.6 is 11.9 Å². The number of benzene rings is 2.